The lowest BCUT2D eigenvalue weighted by molar-refractivity contribution is -0.128. The van der Waals surface area contributed by atoms with Crippen molar-refractivity contribution in [1.82, 2.24) is 19.8 Å². The van der Waals surface area contributed by atoms with Gasteiger partial charge < -0.3 is 9.84 Å². The third-order valence-corrected chi connectivity index (χ3v) is 7.36. The van der Waals surface area contributed by atoms with Crippen LogP contribution >= 0.6 is 0 Å². The minimum atomic E-state index is -3.56. The number of hydrogen-bond donors (Lipinski definition) is 1. The molecule has 0 aliphatic carbocycles. The van der Waals surface area contributed by atoms with Gasteiger partial charge in [-0.25, -0.2) is 8.42 Å². The van der Waals surface area contributed by atoms with Crippen LogP contribution < -0.4 is 5.32 Å². The molecule has 9 heteroatoms. The molecule has 1 aliphatic rings. The molecule has 1 amide bonds. The van der Waals surface area contributed by atoms with E-state index in [0.717, 1.165) is 11.1 Å². The summed E-state index contributed by atoms with van der Waals surface area (Å²) in [6.07, 6.45) is 0.939. The zero-order chi connectivity index (χ0) is 21.4. The van der Waals surface area contributed by atoms with Crippen LogP contribution in [0.15, 0.2) is 27.6 Å². The zero-order valence-corrected chi connectivity index (χ0v) is 18.3. The molecule has 1 aliphatic heterocycles. The second kappa shape index (κ2) is 7.87. The van der Waals surface area contributed by atoms with Gasteiger partial charge in [0.2, 0.25) is 21.8 Å². The molecule has 158 valence electrons. The van der Waals surface area contributed by atoms with Gasteiger partial charge in [-0.05, 0) is 63.8 Å². The Labute approximate surface area is 171 Å². The number of aromatic nitrogens is 2. The van der Waals surface area contributed by atoms with Gasteiger partial charge in [0.25, 0.3) is 0 Å². The smallest absolute Gasteiger partial charge is 0.243 e. The SMILES string of the molecule is Cc1nc(C(C)(C)NC(=O)C2CCN(S(=O)(=O)c3ccc(C)c(C)c3)CC2)no1. The number of nitrogens with one attached hydrogen (secondary N) is 1. The maximum Gasteiger partial charge on any atom is 0.243 e. The number of sulfonamides is 1. The first-order valence-electron chi connectivity index (χ1n) is 9.71. The molecule has 0 saturated carbocycles. The molecular weight excluding hydrogens is 392 g/mol. The molecule has 0 radical (unpaired) electrons. The maximum atomic E-state index is 12.9. The van der Waals surface area contributed by atoms with E-state index < -0.39 is 15.6 Å². The summed E-state index contributed by atoms with van der Waals surface area (Å²) in [5.74, 6) is 0.472. The average molecular weight is 421 g/mol. The first-order chi connectivity index (χ1) is 13.5. The monoisotopic (exact) mass is 420 g/mol. The van der Waals surface area contributed by atoms with Crippen molar-refractivity contribution in [3.63, 3.8) is 0 Å². The van der Waals surface area contributed by atoms with Crippen molar-refractivity contribution in [1.29, 1.82) is 0 Å². The summed E-state index contributed by atoms with van der Waals surface area (Å²) in [6.45, 7) is 9.80. The van der Waals surface area contributed by atoms with Crippen LogP contribution in [0.2, 0.25) is 0 Å². The number of aryl methyl sites for hydroxylation is 3. The summed E-state index contributed by atoms with van der Waals surface area (Å²) in [5, 5.41) is 6.85. The predicted molar refractivity (Wildman–Crippen MR) is 108 cm³/mol. The van der Waals surface area contributed by atoms with E-state index in [4.69, 9.17) is 4.52 Å². The summed E-state index contributed by atoms with van der Waals surface area (Å²) < 4.78 is 32.4. The van der Waals surface area contributed by atoms with E-state index >= 15 is 0 Å². The van der Waals surface area contributed by atoms with Crippen LogP contribution in [-0.4, -0.2) is 41.9 Å². The Morgan fingerprint density at radius 1 is 1.17 bits per heavy atom. The second-order valence-corrected chi connectivity index (χ2v) is 10.1. The number of piperidine rings is 1. The fourth-order valence-corrected chi connectivity index (χ4v) is 4.96. The maximum absolute atomic E-state index is 12.9. The number of carbonyl (C=O) groups excluding carboxylic acids is 1. The lowest BCUT2D eigenvalue weighted by Crippen LogP contribution is -2.48. The molecule has 1 fully saturated rings. The Bertz CT molecular complexity index is 1010. The first kappa shape index (κ1) is 21.4. The van der Waals surface area contributed by atoms with Gasteiger partial charge >= 0.3 is 0 Å². The molecule has 0 bridgehead atoms. The Morgan fingerprint density at radius 2 is 1.83 bits per heavy atom. The molecule has 1 N–H and O–H groups in total. The van der Waals surface area contributed by atoms with E-state index in [9.17, 15) is 13.2 Å². The fourth-order valence-electron chi connectivity index (χ4n) is 3.40. The molecule has 0 unspecified atom stereocenters. The van der Waals surface area contributed by atoms with Crippen LogP contribution in [0.4, 0.5) is 0 Å². The lowest BCUT2D eigenvalue weighted by atomic mass is 9.95. The summed E-state index contributed by atoms with van der Waals surface area (Å²) in [5.41, 5.74) is 1.23. The largest absolute Gasteiger partial charge is 0.344 e. The highest BCUT2D eigenvalue weighted by atomic mass is 32.2. The van der Waals surface area contributed by atoms with Gasteiger partial charge in [0.05, 0.1) is 10.4 Å². The van der Waals surface area contributed by atoms with Crippen LogP contribution in [0.1, 0.15) is 49.5 Å². The number of benzene rings is 1. The number of nitrogens with zero attached hydrogens (tertiary/aromatic N) is 3. The predicted octanol–water partition coefficient (Wildman–Crippen LogP) is 2.45. The van der Waals surface area contributed by atoms with Crippen molar-refractivity contribution in [2.24, 2.45) is 5.92 Å². The molecule has 2 aromatic rings. The van der Waals surface area contributed by atoms with Crippen molar-refractivity contribution in [2.75, 3.05) is 13.1 Å². The van der Waals surface area contributed by atoms with Crippen molar-refractivity contribution in [3.8, 4) is 0 Å². The Balaban J connectivity index is 1.63. The molecular formula is C20H28N4O4S. The molecule has 1 saturated heterocycles. The van der Waals surface area contributed by atoms with Crippen LogP contribution in [0.3, 0.4) is 0 Å². The van der Waals surface area contributed by atoms with Gasteiger partial charge in [0.15, 0.2) is 5.82 Å². The Hall–Kier alpha value is -2.26. The molecule has 0 spiro atoms. The Morgan fingerprint density at radius 3 is 2.38 bits per heavy atom. The van der Waals surface area contributed by atoms with Crippen LogP contribution in [0.25, 0.3) is 0 Å². The van der Waals surface area contributed by atoms with E-state index in [1.54, 1.807) is 19.1 Å². The van der Waals surface area contributed by atoms with Crippen LogP contribution in [-0.2, 0) is 20.4 Å². The Kier molecular flexibility index (Phi) is 5.82. The highest BCUT2D eigenvalue weighted by Gasteiger charge is 2.35. The fraction of sp³-hybridized carbons (Fsp3) is 0.550. The van der Waals surface area contributed by atoms with Crippen molar-refractivity contribution >= 4 is 15.9 Å². The number of rotatable bonds is 5. The van der Waals surface area contributed by atoms with Gasteiger partial charge in [0.1, 0.15) is 0 Å². The molecule has 3 rings (SSSR count). The zero-order valence-electron chi connectivity index (χ0n) is 17.5. The summed E-state index contributed by atoms with van der Waals surface area (Å²) in [7, 11) is -3.56. The summed E-state index contributed by atoms with van der Waals surface area (Å²) in [6, 6.07) is 5.18. The number of carbonyl (C=O) groups is 1. The van der Waals surface area contributed by atoms with E-state index in [1.165, 1.54) is 4.31 Å². The third-order valence-electron chi connectivity index (χ3n) is 5.46. The first-order valence-corrected chi connectivity index (χ1v) is 11.1. The lowest BCUT2D eigenvalue weighted by Gasteiger charge is -2.32. The van der Waals surface area contributed by atoms with E-state index in [0.29, 0.717) is 42.5 Å². The standard InChI is InChI=1S/C20H28N4O4S/c1-13-6-7-17(12-14(13)2)29(26,27)24-10-8-16(9-11-24)18(25)22-20(4,5)19-21-15(3)28-23-19/h6-7,12,16H,8-11H2,1-5H3,(H,22,25). The normalized spacial score (nSPS) is 16.7. The van der Waals surface area contributed by atoms with Gasteiger partial charge in [-0.15, -0.1) is 0 Å². The minimum absolute atomic E-state index is 0.124. The van der Waals surface area contributed by atoms with Crippen molar-refractivity contribution in [3.05, 3.63) is 41.0 Å². The topological polar surface area (TPSA) is 105 Å². The summed E-state index contributed by atoms with van der Waals surface area (Å²) in [4.78, 5) is 17.2. The summed E-state index contributed by atoms with van der Waals surface area (Å²) >= 11 is 0. The second-order valence-electron chi connectivity index (χ2n) is 8.18. The van der Waals surface area contributed by atoms with Crippen molar-refractivity contribution < 1.29 is 17.7 Å². The van der Waals surface area contributed by atoms with E-state index in [1.807, 2.05) is 33.8 Å². The van der Waals surface area contributed by atoms with E-state index in [-0.39, 0.29) is 11.8 Å². The molecule has 1 aromatic carbocycles. The molecule has 2 heterocycles. The van der Waals surface area contributed by atoms with Gasteiger partial charge in [-0.2, -0.15) is 9.29 Å². The molecule has 0 atom stereocenters. The quantitative estimate of drug-likeness (QED) is 0.796. The van der Waals surface area contributed by atoms with Crippen molar-refractivity contribution in [2.45, 2.75) is 57.9 Å². The third kappa shape index (κ3) is 4.51. The van der Waals surface area contributed by atoms with Gasteiger partial charge in [0, 0.05) is 25.9 Å². The highest BCUT2D eigenvalue weighted by molar-refractivity contribution is 7.89. The average Bonchev–Trinajstić information content (AvgIpc) is 3.11. The highest BCUT2D eigenvalue weighted by Crippen LogP contribution is 2.26. The number of amides is 1. The van der Waals surface area contributed by atoms with Gasteiger partial charge in [-0.1, -0.05) is 11.2 Å². The number of hydrogen-bond acceptors (Lipinski definition) is 6. The minimum Gasteiger partial charge on any atom is -0.344 e. The van der Waals surface area contributed by atoms with Crippen LogP contribution in [0.5, 0.6) is 0 Å². The van der Waals surface area contributed by atoms with E-state index in [2.05, 4.69) is 15.5 Å². The molecule has 1 aromatic heterocycles. The van der Waals surface area contributed by atoms with Crippen LogP contribution in [0, 0.1) is 26.7 Å². The molecule has 8 nitrogen and oxygen atoms in total. The molecule has 29 heavy (non-hydrogen) atoms. The van der Waals surface area contributed by atoms with Gasteiger partial charge in [-0.3, -0.25) is 4.79 Å².